The highest BCUT2D eigenvalue weighted by molar-refractivity contribution is 5.02. The van der Waals surface area contributed by atoms with Crippen molar-refractivity contribution in [1.82, 2.24) is 0 Å². The highest BCUT2D eigenvalue weighted by atomic mass is 79.9. The number of aromatic nitrogens is 1. The zero-order valence-electron chi connectivity index (χ0n) is 13.6. The van der Waals surface area contributed by atoms with E-state index >= 15 is 0 Å². The van der Waals surface area contributed by atoms with Crippen molar-refractivity contribution in [1.29, 1.82) is 0 Å². The quantitative estimate of drug-likeness (QED) is 0.443. The Morgan fingerprint density at radius 3 is 2.05 bits per heavy atom. The normalized spacial score (nSPS) is 10.4. The molecule has 0 spiro atoms. The first-order valence-electron chi connectivity index (χ1n) is 8.45. The molecule has 21 heavy (non-hydrogen) atoms. The predicted molar refractivity (Wildman–Crippen MR) is 84.4 cm³/mol. The maximum atomic E-state index is 9.09. The van der Waals surface area contributed by atoms with E-state index in [0.29, 0.717) is 0 Å². The summed E-state index contributed by atoms with van der Waals surface area (Å²) in [7, 11) is 0. The monoisotopic (exact) mass is 357 g/mol. The lowest BCUT2D eigenvalue weighted by atomic mass is 10.1. The van der Waals surface area contributed by atoms with Gasteiger partial charge in [-0.3, -0.25) is 0 Å². The Bertz CT molecular complexity index is 344. The topological polar surface area (TPSA) is 24.1 Å². The summed E-state index contributed by atoms with van der Waals surface area (Å²) in [6, 6.07) is 3.98. The number of halogens is 1. The lowest BCUT2D eigenvalue weighted by Crippen LogP contribution is -3.00. The molecular weight excluding hydrogens is 326 g/mol. The van der Waals surface area contributed by atoms with Gasteiger partial charge >= 0.3 is 0 Å². The molecule has 0 bridgehead atoms. The van der Waals surface area contributed by atoms with Crippen LogP contribution in [0.15, 0.2) is 24.5 Å². The van der Waals surface area contributed by atoms with E-state index in [0.717, 1.165) is 12.1 Å². The molecule has 0 fully saturated rings. The minimum Gasteiger partial charge on any atom is -1.00 e. The Balaban J connectivity index is 0.00000400. The van der Waals surface area contributed by atoms with Crippen LogP contribution in [0.1, 0.15) is 76.7 Å². The Labute approximate surface area is 141 Å². The van der Waals surface area contributed by atoms with Gasteiger partial charge in [0, 0.05) is 18.1 Å². The Kier molecular flexibility index (Phi) is 14.2. The number of hydrogen-bond acceptors (Lipinski definition) is 1. The third-order valence-corrected chi connectivity index (χ3v) is 3.87. The fourth-order valence-electron chi connectivity index (χ4n) is 2.59. The number of aliphatic hydroxyl groups excluding tert-OH is 1. The Morgan fingerprint density at radius 1 is 0.905 bits per heavy atom. The third-order valence-electron chi connectivity index (χ3n) is 3.87. The smallest absolute Gasteiger partial charge is 0.174 e. The van der Waals surface area contributed by atoms with E-state index < -0.39 is 0 Å². The van der Waals surface area contributed by atoms with E-state index in [4.69, 9.17) is 5.11 Å². The number of unbranched alkanes of at least 4 members (excludes halogenated alkanes) is 9. The second kappa shape index (κ2) is 14.5. The molecule has 0 atom stereocenters. The summed E-state index contributed by atoms with van der Waals surface area (Å²) in [5, 5.41) is 9.09. The largest absolute Gasteiger partial charge is 1.00 e. The molecule has 0 unspecified atom stereocenters. The molecule has 0 radical (unpaired) electrons. The number of rotatable bonds is 12. The van der Waals surface area contributed by atoms with Gasteiger partial charge in [0.05, 0.1) is 6.61 Å². The van der Waals surface area contributed by atoms with Crippen LogP contribution in [-0.2, 0) is 13.2 Å². The van der Waals surface area contributed by atoms with Gasteiger partial charge < -0.3 is 22.1 Å². The van der Waals surface area contributed by atoms with Crippen molar-refractivity contribution in [3.8, 4) is 0 Å². The van der Waals surface area contributed by atoms with Crippen LogP contribution in [0, 0.1) is 0 Å². The summed E-state index contributed by atoms with van der Waals surface area (Å²) in [6.45, 7) is 3.48. The lowest BCUT2D eigenvalue weighted by Gasteiger charge is -2.02. The first kappa shape index (κ1) is 20.6. The van der Waals surface area contributed by atoms with Gasteiger partial charge in [-0.05, 0) is 12.5 Å². The molecule has 0 saturated heterocycles. The molecule has 2 nitrogen and oxygen atoms in total. The Morgan fingerprint density at radius 2 is 1.48 bits per heavy atom. The van der Waals surface area contributed by atoms with Crippen LogP contribution in [0.25, 0.3) is 0 Å². The van der Waals surface area contributed by atoms with Gasteiger partial charge in [-0.25, -0.2) is 4.57 Å². The van der Waals surface area contributed by atoms with Crippen molar-refractivity contribution < 1.29 is 26.7 Å². The first-order valence-corrected chi connectivity index (χ1v) is 8.45. The van der Waals surface area contributed by atoms with Gasteiger partial charge in [0.2, 0.25) is 0 Å². The summed E-state index contributed by atoms with van der Waals surface area (Å²) in [5.74, 6) is 0. The molecule has 1 N–H and O–H groups in total. The summed E-state index contributed by atoms with van der Waals surface area (Å²) < 4.78 is 2.19. The minimum absolute atomic E-state index is 0. The van der Waals surface area contributed by atoms with Crippen LogP contribution in [0.3, 0.4) is 0 Å². The summed E-state index contributed by atoms with van der Waals surface area (Å²) in [6.07, 6.45) is 17.9. The van der Waals surface area contributed by atoms with Crippen molar-refractivity contribution in [3.63, 3.8) is 0 Å². The van der Waals surface area contributed by atoms with E-state index in [1.807, 2.05) is 18.3 Å². The van der Waals surface area contributed by atoms with Crippen LogP contribution in [0.5, 0.6) is 0 Å². The molecule has 0 amide bonds. The minimum atomic E-state index is 0. The van der Waals surface area contributed by atoms with Crippen molar-refractivity contribution in [2.24, 2.45) is 0 Å². The number of aryl methyl sites for hydroxylation is 1. The van der Waals surface area contributed by atoms with E-state index in [1.54, 1.807) is 0 Å². The van der Waals surface area contributed by atoms with E-state index in [9.17, 15) is 0 Å². The van der Waals surface area contributed by atoms with Crippen molar-refractivity contribution in [3.05, 3.63) is 30.1 Å². The van der Waals surface area contributed by atoms with Crippen LogP contribution in [0.4, 0.5) is 0 Å². The SMILES string of the molecule is CCCCCCCCCCCC[n+]1cccc(CO)c1.[Br-]. The summed E-state index contributed by atoms with van der Waals surface area (Å²) >= 11 is 0. The van der Waals surface area contributed by atoms with Gasteiger partial charge in [-0.2, -0.15) is 0 Å². The fraction of sp³-hybridized carbons (Fsp3) is 0.722. The molecule has 0 saturated carbocycles. The molecular formula is C18H32BrNO. The van der Waals surface area contributed by atoms with Crippen LogP contribution >= 0.6 is 0 Å². The molecule has 1 heterocycles. The molecule has 0 aliphatic rings. The summed E-state index contributed by atoms with van der Waals surface area (Å²) in [4.78, 5) is 0. The number of aliphatic hydroxyl groups is 1. The van der Waals surface area contributed by atoms with E-state index in [2.05, 4.69) is 17.7 Å². The van der Waals surface area contributed by atoms with Crippen LogP contribution < -0.4 is 21.5 Å². The van der Waals surface area contributed by atoms with Gasteiger partial charge in [-0.15, -0.1) is 0 Å². The van der Waals surface area contributed by atoms with Crippen LogP contribution in [-0.4, -0.2) is 5.11 Å². The first-order chi connectivity index (χ1) is 9.86. The predicted octanol–water partition coefficient (Wildman–Crippen LogP) is 1.39. The lowest BCUT2D eigenvalue weighted by molar-refractivity contribution is -0.697. The zero-order valence-corrected chi connectivity index (χ0v) is 15.2. The van der Waals surface area contributed by atoms with E-state index in [-0.39, 0.29) is 23.6 Å². The van der Waals surface area contributed by atoms with Gasteiger partial charge in [0.25, 0.3) is 0 Å². The molecule has 3 heteroatoms. The van der Waals surface area contributed by atoms with E-state index in [1.165, 1.54) is 64.2 Å². The van der Waals surface area contributed by atoms with Gasteiger partial charge in [0.1, 0.15) is 6.54 Å². The average molecular weight is 358 g/mol. The highest BCUT2D eigenvalue weighted by Crippen LogP contribution is 2.10. The van der Waals surface area contributed by atoms with Crippen LogP contribution in [0.2, 0.25) is 0 Å². The molecule has 1 rings (SSSR count). The number of hydrogen-bond donors (Lipinski definition) is 1. The molecule has 0 aromatic carbocycles. The number of pyridine rings is 1. The fourth-order valence-corrected chi connectivity index (χ4v) is 2.59. The molecule has 0 aliphatic heterocycles. The van der Waals surface area contributed by atoms with Crippen molar-refractivity contribution >= 4 is 0 Å². The standard InChI is InChI=1S/C18H32NO.BrH/c1-2-3-4-5-6-7-8-9-10-11-14-19-15-12-13-18(16-19)17-20;/h12-13,15-16,20H,2-11,14,17H2,1H3;1H/q+1;/p-1. The molecule has 1 aromatic heterocycles. The second-order valence-electron chi connectivity index (χ2n) is 5.79. The third kappa shape index (κ3) is 10.9. The van der Waals surface area contributed by atoms with Gasteiger partial charge in [0.15, 0.2) is 12.4 Å². The zero-order chi connectivity index (χ0) is 14.5. The summed E-state index contributed by atoms with van der Waals surface area (Å²) in [5.41, 5.74) is 1.000. The van der Waals surface area contributed by atoms with Crippen molar-refractivity contribution in [2.75, 3.05) is 0 Å². The average Bonchev–Trinajstić information content (AvgIpc) is 2.49. The maximum Gasteiger partial charge on any atom is 0.174 e. The molecule has 122 valence electrons. The molecule has 1 aromatic rings. The van der Waals surface area contributed by atoms with Gasteiger partial charge in [-0.1, -0.05) is 58.3 Å². The Hall–Kier alpha value is -0.410. The highest BCUT2D eigenvalue weighted by Gasteiger charge is 2.01. The number of nitrogens with zero attached hydrogens (tertiary/aromatic N) is 1. The van der Waals surface area contributed by atoms with Crippen molar-refractivity contribution in [2.45, 2.75) is 84.3 Å². The maximum absolute atomic E-state index is 9.09. The molecule has 0 aliphatic carbocycles. The second-order valence-corrected chi connectivity index (χ2v) is 5.79.